The number of cyclic esters (lactones) is 1. The van der Waals surface area contributed by atoms with E-state index in [2.05, 4.69) is 5.32 Å². The molecule has 2 fully saturated rings. The lowest BCUT2D eigenvalue weighted by Gasteiger charge is -2.18. The number of aliphatic hydroxyl groups is 1. The Balaban J connectivity index is 1.77. The molecule has 9 heteroatoms. The van der Waals surface area contributed by atoms with Gasteiger partial charge in [-0.3, -0.25) is 4.79 Å². The quantitative estimate of drug-likeness (QED) is 0.741. The molecule has 0 radical (unpaired) electrons. The van der Waals surface area contributed by atoms with Crippen LogP contribution >= 0.6 is 23.2 Å². The monoisotopic (exact) mass is 374 g/mol. The molecule has 130 valence electrons. The third-order valence-electron chi connectivity index (χ3n) is 4.42. The van der Waals surface area contributed by atoms with Crippen molar-refractivity contribution in [1.29, 1.82) is 0 Å². The fourth-order valence-corrected chi connectivity index (χ4v) is 3.78. The van der Waals surface area contributed by atoms with Crippen molar-refractivity contribution in [2.24, 2.45) is 0 Å². The van der Waals surface area contributed by atoms with E-state index in [-0.39, 0.29) is 29.3 Å². The summed E-state index contributed by atoms with van der Waals surface area (Å²) in [6.07, 6.45) is -0.458. The molecule has 2 aliphatic heterocycles. The Hall–Kier alpha value is -1.70. The summed E-state index contributed by atoms with van der Waals surface area (Å²) >= 11 is 12.2. The zero-order valence-corrected chi connectivity index (χ0v) is 14.0. The van der Waals surface area contributed by atoms with E-state index < -0.39 is 24.7 Å². The average Bonchev–Trinajstić information content (AvgIpc) is 3.10. The van der Waals surface area contributed by atoms with Gasteiger partial charge in [-0.25, -0.2) is 4.79 Å². The molecule has 24 heavy (non-hydrogen) atoms. The molecule has 2 heterocycles. The van der Waals surface area contributed by atoms with Crippen LogP contribution in [0, 0.1) is 0 Å². The maximum atomic E-state index is 12.0. The van der Waals surface area contributed by atoms with Crippen molar-refractivity contribution < 1.29 is 24.5 Å². The lowest BCUT2D eigenvalue weighted by Crippen LogP contribution is -2.40. The number of phenols is 1. The van der Waals surface area contributed by atoms with Gasteiger partial charge in [0.2, 0.25) is 5.91 Å². The summed E-state index contributed by atoms with van der Waals surface area (Å²) in [5, 5.41) is 22.0. The molecule has 0 saturated carbocycles. The minimum Gasteiger partial charge on any atom is -0.508 e. The smallest absolute Gasteiger partial charge is 0.410 e. The molecule has 0 spiro atoms. The lowest BCUT2D eigenvalue weighted by atomic mass is 9.93. The topological polar surface area (TPSA) is 99.1 Å². The molecule has 1 unspecified atom stereocenters. The number of halogens is 2. The van der Waals surface area contributed by atoms with Gasteiger partial charge >= 0.3 is 6.09 Å². The number of aromatic hydroxyl groups is 1. The first kappa shape index (κ1) is 17.1. The van der Waals surface area contributed by atoms with Crippen LogP contribution in [0.1, 0.15) is 17.9 Å². The number of rotatable bonds is 4. The molecule has 1 aromatic carbocycles. The van der Waals surface area contributed by atoms with Crippen molar-refractivity contribution in [2.45, 2.75) is 24.5 Å². The molecule has 3 atom stereocenters. The van der Waals surface area contributed by atoms with E-state index in [0.717, 1.165) is 0 Å². The van der Waals surface area contributed by atoms with Crippen LogP contribution in [0.4, 0.5) is 4.79 Å². The van der Waals surface area contributed by atoms with Crippen molar-refractivity contribution in [3.05, 3.63) is 27.7 Å². The number of amides is 2. The number of hydrogen-bond donors (Lipinski definition) is 3. The summed E-state index contributed by atoms with van der Waals surface area (Å²) in [6, 6.07) is 2.75. The summed E-state index contributed by atoms with van der Waals surface area (Å²) < 4.78 is 5.26. The van der Waals surface area contributed by atoms with E-state index in [0.29, 0.717) is 23.6 Å². The first-order valence-electron chi connectivity index (χ1n) is 7.44. The van der Waals surface area contributed by atoms with Crippen LogP contribution in [0.25, 0.3) is 0 Å². The summed E-state index contributed by atoms with van der Waals surface area (Å²) in [7, 11) is 0. The summed E-state index contributed by atoms with van der Waals surface area (Å²) in [4.78, 5) is 24.8. The summed E-state index contributed by atoms with van der Waals surface area (Å²) in [5.41, 5.74) is 0.518. The number of carbonyl (C=O) groups excluding carboxylic acids is 2. The second-order valence-corrected chi connectivity index (χ2v) is 6.62. The molecule has 3 rings (SSSR count). The minimum atomic E-state index is -0.621. The van der Waals surface area contributed by atoms with Crippen molar-refractivity contribution in [3.8, 4) is 5.75 Å². The first-order valence-corrected chi connectivity index (χ1v) is 8.19. The maximum absolute atomic E-state index is 12.0. The first-order chi connectivity index (χ1) is 11.4. The standard InChI is InChI=1S/C15H16Cl2N2O5/c16-8-1-2-10(21)13(14(8)17)7-3-9-11(4-18-12(22)6-20)24-15(23)19(9)5-7/h1-2,7,9,11,20-21H,3-6H2,(H,18,22)/t7-,9-,11?/m0/s1. The molecule has 0 aromatic heterocycles. The van der Waals surface area contributed by atoms with E-state index in [1.54, 1.807) is 4.90 Å². The summed E-state index contributed by atoms with van der Waals surface area (Å²) in [6.45, 7) is -0.153. The third kappa shape index (κ3) is 2.99. The van der Waals surface area contributed by atoms with Crippen LogP contribution in [-0.4, -0.2) is 59.0 Å². The Morgan fingerprint density at radius 3 is 2.88 bits per heavy atom. The Labute approximate surface area is 148 Å². The van der Waals surface area contributed by atoms with Gasteiger partial charge in [0.15, 0.2) is 0 Å². The summed E-state index contributed by atoms with van der Waals surface area (Å²) in [5.74, 6) is -0.672. The third-order valence-corrected chi connectivity index (χ3v) is 5.24. The van der Waals surface area contributed by atoms with Gasteiger partial charge in [-0.1, -0.05) is 23.2 Å². The molecule has 2 saturated heterocycles. The normalized spacial score (nSPS) is 25.5. The van der Waals surface area contributed by atoms with E-state index in [1.807, 2.05) is 0 Å². The van der Waals surface area contributed by atoms with Gasteiger partial charge in [0, 0.05) is 18.0 Å². The van der Waals surface area contributed by atoms with Gasteiger partial charge in [-0.15, -0.1) is 0 Å². The second-order valence-electron chi connectivity index (χ2n) is 5.83. The predicted octanol–water partition coefficient (Wildman–Crippen LogP) is 1.48. The largest absolute Gasteiger partial charge is 0.508 e. The van der Waals surface area contributed by atoms with Crippen LogP contribution in [0.15, 0.2) is 12.1 Å². The van der Waals surface area contributed by atoms with Gasteiger partial charge in [-0.05, 0) is 18.6 Å². The fraction of sp³-hybridized carbons (Fsp3) is 0.467. The van der Waals surface area contributed by atoms with Gasteiger partial charge in [0.1, 0.15) is 18.5 Å². The zero-order chi connectivity index (χ0) is 17.4. The minimum absolute atomic E-state index is 0.0362. The number of fused-ring (bicyclic) bond motifs is 1. The number of hydrogen-bond acceptors (Lipinski definition) is 5. The molecular weight excluding hydrogens is 359 g/mol. The molecule has 3 N–H and O–H groups in total. The average molecular weight is 375 g/mol. The highest BCUT2D eigenvalue weighted by Crippen LogP contribution is 2.45. The number of nitrogens with zero attached hydrogens (tertiary/aromatic N) is 1. The van der Waals surface area contributed by atoms with E-state index in [4.69, 9.17) is 33.0 Å². The van der Waals surface area contributed by atoms with Crippen molar-refractivity contribution in [2.75, 3.05) is 19.7 Å². The Morgan fingerprint density at radius 1 is 1.42 bits per heavy atom. The van der Waals surface area contributed by atoms with Crippen molar-refractivity contribution >= 4 is 35.2 Å². The molecule has 2 aliphatic rings. The predicted molar refractivity (Wildman–Crippen MR) is 86.3 cm³/mol. The number of carbonyl (C=O) groups is 2. The SMILES string of the molecule is O=C(CO)NCC1OC(=O)N2C[C@@H](c3c(O)ccc(Cl)c3Cl)C[C@@H]12. The zero-order valence-electron chi connectivity index (χ0n) is 12.5. The molecular formula is C15H16Cl2N2O5. The maximum Gasteiger partial charge on any atom is 0.410 e. The number of ether oxygens (including phenoxy) is 1. The van der Waals surface area contributed by atoms with Crippen LogP contribution in [-0.2, 0) is 9.53 Å². The highest BCUT2D eigenvalue weighted by atomic mass is 35.5. The van der Waals surface area contributed by atoms with Crippen LogP contribution < -0.4 is 5.32 Å². The van der Waals surface area contributed by atoms with E-state index in [1.165, 1.54) is 12.1 Å². The van der Waals surface area contributed by atoms with Gasteiger partial charge in [0.05, 0.1) is 22.6 Å². The number of benzene rings is 1. The Morgan fingerprint density at radius 2 is 2.17 bits per heavy atom. The van der Waals surface area contributed by atoms with Crippen molar-refractivity contribution in [1.82, 2.24) is 10.2 Å². The molecule has 0 bridgehead atoms. The Bertz CT molecular complexity index is 684. The van der Waals surface area contributed by atoms with E-state index >= 15 is 0 Å². The fourth-order valence-electron chi connectivity index (χ4n) is 3.31. The molecule has 1 aromatic rings. The van der Waals surface area contributed by atoms with Crippen LogP contribution in [0.5, 0.6) is 5.75 Å². The van der Waals surface area contributed by atoms with Crippen molar-refractivity contribution in [3.63, 3.8) is 0 Å². The molecule has 7 nitrogen and oxygen atoms in total. The Kier molecular flexibility index (Phi) is 4.76. The van der Waals surface area contributed by atoms with Gasteiger partial charge in [0.25, 0.3) is 0 Å². The van der Waals surface area contributed by atoms with Gasteiger partial charge < -0.3 is 25.2 Å². The highest BCUT2D eigenvalue weighted by Gasteiger charge is 2.49. The highest BCUT2D eigenvalue weighted by molar-refractivity contribution is 6.42. The molecule has 2 amide bonds. The van der Waals surface area contributed by atoms with Crippen LogP contribution in [0.3, 0.4) is 0 Å². The molecule has 0 aliphatic carbocycles. The van der Waals surface area contributed by atoms with Gasteiger partial charge in [-0.2, -0.15) is 0 Å². The number of nitrogens with one attached hydrogen (secondary N) is 1. The number of phenolic OH excluding ortho intramolecular Hbond substituents is 1. The van der Waals surface area contributed by atoms with Crippen LogP contribution in [0.2, 0.25) is 10.0 Å². The second kappa shape index (κ2) is 6.66. The lowest BCUT2D eigenvalue weighted by molar-refractivity contribution is -0.124. The number of aliphatic hydroxyl groups excluding tert-OH is 1. The van der Waals surface area contributed by atoms with E-state index in [9.17, 15) is 14.7 Å².